The lowest BCUT2D eigenvalue weighted by Gasteiger charge is -2.46. The predicted molar refractivity (Wildman–Crippen MR) is 260 cm³/mol. The lowest BCUT2D eigenvalue weighted by Crippen LogP contribution is -2.60. The van der Waals surface area contributed by atoms with Crippen molar-refractivity contribution in [3.8, 4) is 23.0 Å². The van der Waals surface area contributed by atoms with Gasteiger partial charge in [0, 0.05) is 62.2 Å². The van der Waals surface area contributed by atoms with Gasteiger partial charge in [0.1, 0.15) is 28.6 Å². The Labute approximate surface area is 408 Å². The minimum Gasteiger partial charge on any atom is -0.508 e. The number of carbonyl (C=O) groups excluding carboxylic acids is 2. The molecule has 1 saturated carbocycles. The number of phenolic OH excluding ortho intramolecular Hbond substituents is 1. The number of amides is 2. The Bertz CT molecular complexity index is 3100. The largest absolute Gasteiger partial charge is 0.508 e. The fourth-order valence-corrected chi connectivity index (χ4v) is 12.1. The Balaban J connectivity index is 0.775. The molecule has 5 fully saturated rings. The topological polar surface area (TPSA) is 162 Å². The van der Waals surface area contributed by atoms with Crippen LogP contribution in [0.1, 0.15) is 100 Å². The lowest BCUT2D eigenvalue weighted by molar-refractivity contribution is -0.134. The van der Waals surface area contributed by atoms with Crippen molar-refractivity contribution in [3.63, 3.8) is 0 Å². The Morgan fingerprint density at radius 3 is 2.46 bits per heavy atom. The molecule has 374 valence electrons. The van der Waals surface area contributed by atoms with Crippen LogP contribution in [0.15, 0.2) is 48.7 Å². The second kappa shape index (κ2) is 17.9. The van der Waals surface area contributed by atoms with Gasteiger partial charge in [-0.25, -0.2) is 17.6 Å². The number of imide groups is 1. The third-order valence-corrected chi connectivity index (χ3v) is 16.0. The zero-order valence-electron chi connectivity index (χ0n) is 40.3. The second-order valence-corrected chi connectivity index (χ2v) is 21.2. The normalized spacial score (nSPS) is 24.3. The monoisotopic (exact) mass is 977 g/mol. The van der Waals surface area contributed by atoms with E-state index in [9.17, 15) is 19.8 Å². The number of aryl methyl sites for hydroxylation is 2. The van der Waals surface area contributed by atoms with E-state index in [0.717, 1.165) is 42.1 Å². The SMILES string of the molecule is CCc1c(F)ccc2cc(O)cc(-c3ncc4c(N5CCC[C@@](C)(O)C5)nc(OCC5(CN6CCC(N7CCC(c8ccc9c(C%10CCC(=O)NC%10=O)nn(C)c9c8)CC7)C(F)(F)C6)CC5)nc4c3F)c12. The van der Waals surface area contributed by atoms with Gasteiger partial charge in [-0.05, 0) is 130 Å². The highest BCUT2D eigenvalue weighted by atomic mass is 19.3. The van der Waals surface area contributed by atoms with E-state index in [0.29, 0.717) is 98.1 Å². The number of rotatable bonds is 11. The number of anilines is 1. The molecule has 18 heteroatoms. The summed E-state index contributed by atoms with van der Waals surface area (Å²) in [6.07, 6.45) is 7.04. The molecule has 4 saturated heterocycles. The van der Waals surface area contributed by atoms with Crippen molar-refractivity contribution in [3.05, 3.63) is 77.1 Å². The van der Waals surface area contributed by atoms with Crippen molar-refractivity contribution < 1.29 is 42.1 Å². The highest BCUT2D eigenvalue weighted by molar-refractivity contribution is 6.03. The molecule has 3 aromatic carbocycles. The van der Waals surface area contributed by atoms with Gasteiger partial charge in [-0.3, -0.25) is 34.4 Å². The van der Waals surface area contributed by atoms with E-state index < -0.39 is 40.5 Å². The number of aromatic nitrogens is 5. The zero-order valence-corrected chi connectivity index (χ0v) is 40.3. The van der Waals surface area contributed by atoms with Gasteiger partial charge in [-0.1, -0.05) is 25.1 Å². The number of benzene rings is 3. The second-order valence-electron chi connectivity index (χ2n) is 21.2. The molecule has 3 N–H and O–H groups in total. The maximum atomic E-state index is 17.1. The van der Waals surface area contributed by atoms with Crippen LogP contribution in [-0.2, 0) is 23.1 Å². The summed E-state index contributed by atoms with van der Waals surface area (Å²) >= 11 is 0. The molecule has 0 radical (unpaired) electrons. The van der Waals surface area contributed by atoms with Crippen LogP contribution in [0, 0.1) is 17.0 Å². The van der Waals surface area contributed by atoms with Crippen molar-refractivity contribution in [1.82, 2.24) is 39.8 Å². The van der Waals surface area contributed by atoms with E-state index in [1.807, 2.05) is 27.8 Å². The highest BCUT2D eigenvalue weighted by Gasteiger charge is 2.52. The lowest BCUT2D eigenvalue weighted by atomic mass is 9.86. The number of aromatic hydroxyl groups is 1. The third-order valence-electron chi connectivity index (χ3n) is 16.0. The van der Waals surface area contributed by atoms with Crippen molar-refractivity contribution in [1.29, 1.82) is 0 Å². The number of hydrogen-bond donors (Lipinski definition) is 3. The summed E-state index contributed by atoms with van der Waals surface area (Å²) in [5.41, 5.74) is 1.59. The van der Waals surface area contributed by atoms with Crippen molar-refractivity contribution >= 4 is 50.2 Å². The van der Waals surface area contributed by atoms with Gasteiger partial charge in [-0.2, -0.15) is 15.1 Å². The van der Waals surface area contributed by atoms with Crippen molar-refractivity contribution in [2.75, 3.05) is 57.3 Å². The first-order valence-corrected chi connectivity index (χ1v) is 25.0. The van der Waals surface area contributed by atoms with E-state index in [1.54, 1.807) is 24.6 Å². The number of nitrogens with zero attached hydrogens (tertiary/aromatic N) is 8. The number of likely N-dealkylation sites (tertiary alicyclic amines) is 2. The number of ether oxygens (including phenoxy) is 1. The van der Waals surface area contributed by atoms with Crippen LogP contribution in [0.25, 0.3) is 43.8 Å². The third kappa shape index (κ3) is 8.93. The molecule has 0 spiro atoms. The molecule has 2 amide bonds. The number of alkyl halides is 2. The summed E-state index contributed by atoms with van der Waals surface area (Å²) in [5, 5.41) is 31.1. The zero-order chi connectivity index (χ0) is 49.6. The number of fused-ring (bicyclic) bond motifs is 3. The van der Waals surface area contributed by atoms with Gasteiger partial charge in [0.05, 0.1) is 47.3 Å². The van der Waals surface area contributed by atoms with Crippen LogP contribution < -0.4 is 15.0 Å². The van der Waals surface area contributed by atoms with Crippen molar-refractivity contribution in [2.45, 2.75) is 107 Å². The molecule has 11 rings (SSSR count). The average Bonchev–Trinajstić information content (AvgIpc) is 4.02. The van der Waals surface area contributed by atoms with Gasteiger partial charge in [-0.15, -0.1) is 0 Å². The van der Waals surface area contributed by atoms with E-state index in [2.05, 4.69) is 32.5 Å². The van der Waals surface area contributed by atoms with Crippen LogP contribution in [-0.4, -0.2) is 127 Å². The summed E-state index contributed by atoms with van der Waals surface area (Å²) in [6, 6.07) is 10.9. The number of piperidine rings is 4. The maximum absolute atomic E-state index is 17.1. The number of halogens is 4. The maximum Gasteiger partial charge on any atom is 0.319 e. The van der Waals surface area contributed by atoms with Gasteiger partial charge in [0.2, 0.25) is 11.8 Å². The Kier molecular flexibility index (Phi) is 12.0. The van der Waals surface area contributed by atoms with Crippen LogP contribution in [0.4, 0.5) is 23.4 Å². The molecule has 3 atom stereocenters. The van der Waals surface area contributed by atoms with Crippen LogP contribution >= 0.6 is 0 Å². The minimum absolute atomic E-state index is 0.0862. The standard InChI is InChI=1S/C53H59F4N9O5/c1-4-34-39(54)10-7-32-22-33(67)24-37(43(32)34)46-44(55)47-38(25-58-46)48(66-18-5-15-51(2,70)26-66)61-50(60-47)71-29-52(16-17-52)27-64-19-14-41(53(56,57)28-64)65-20-12-30(13-21-65)31-6-8-35-40(23-31)63(3)62-45(35)36-9-11-42(68)59-49(36)69/h6-8,10,22-25,30,36,41,67,70H,4-5,9,11-21,26-29H2,1-3H3,(H,59,68,69)/t36?,41?,51-/m1/s1. The highest BCUT2D eigenvalue weighted by Crippen LogP contribution is 2.48. The molecule has 0 bridgehead atoms. The first-order valence-electron chi connectivity index (χ1n) is 25.0. The molecule has 7 heterocycles. The average molecular weight is 978 g/mol. The summed E-state index contributed by atoms with van der Waals surface area (Å²) in [7, 11) is 1.85. The molecule has 14 nitrogen and oxygen atoms in total. The summed E-state index contributed by atoms with van der Waals surface area (Å²) in [4.78, 5) is 44.0. The Morgan fingerprint density at radius 1 is 0.930 bits per heavy atom. The predicted octanol–water partition coefficient (Wildman–Crippen LogP) is 7.90. The molecule has 3 aromatic heterocycles. The van der Waals surface area contributed by atoms with Gasteiger partial charge >= 0.3 is 6.01 Å². The first kappa shape index (κ1) is 47.4. The molecule has 4 aliphatic heterocycles. The van der Waals surface area contributed by atoms with Crippen LogP contribution in [0.2, 0.25) is 0 Å². The van der Waals surface area contributed by atoms with E-state index in [1.165, 1.54) is 24.4 Å². The van der Waals surface area contributed by atoms with E-state index >= 15 is 17.6 Å². The Hall–Kier alpha value is -5.98. The van der Waals surface area contributed by atoms with E-state index in [-0.39, 0.29) is 72.4 Å². The van der Waals surface area contributed by atoms with Gasteiger partial charge in [0.25, 0.3) is 5.92 Å². The van der Waals surface area contributed by atoms with Crippen molar-refractivity contribution in [2.24, 2.45) is 12.5 Å². The molecular formula is C53H59F4N9O5. The number of phenols is 1. The van der Waals surface area contributed by atoms with Crippen LogP contribution in [0.5, 0.6) is 11.8 Å². The number of nitrogens with one attached hydrogen (secondary N) is 1. The molecule has 1 aliphatic carbocycles. The number of carbonyl (C=O) groups is 2. The van der Waals surface area contributed by atoms with Crippen LogP contribution in [0.3, 0.4) is 0 Å². The molecule has 71 heavy (non-hydrogen) atoms. The van der Waals surface area contributed by atoms with E-state index in [4.69, 9.17) is 9.72 Å². The van der Waals surface area contributed by atoms with Gasteiger partial charge in [0.15, 0.2) is 5.82 Å². The molecular weight excluding hydrogens is 919 g/mol. The fourth-order valence-electron chi connectivity index (χ4n) is 12.1. The quantitative estimate of drug-likeness (QED) is 0.0852. The van der Waals surface area contributed by atoms with Gasteiger partial charge < -0.3 is 19.8 Å². The number of pyridine rings is 1. The summed E-state index contributed by atoms with van der Waals surface area (Å²) in [6.45, 7) is 6.09. The molecule has 2 unspecified atom stereocenters. The summed E-state index contributed by atoms with van der Waals surface area (Å²) < 4.78 is 73.0. The smallest absolute Gasteiger partial charge is 0.319 e. The summed E-state index contributed by atoms with van der Waals surface area (Å²) in [5.74, 6) is -4.88. The minimum atomic E-state index is -2.94. The number of β-amino-alcohol motifs (C(OH)–C–C–N with tert-alkyl or cyclic N) is 1. The number of hydrogen-bond acceptors (Lipinski definition) is 12. The number of aliphatic hydroxyl groups is 1. The Morgan fingerprint density at radius 2 is 1.73 bits per heavy atom. The first-order chi connectivity index (χ1) is 34.0. The molecule has 6 aromatic rings. The fraction of sp³-hybridized carbons (Fsp3) is 0.509. The molecule has 5 aliphatic rings.